The van der Waals surface area contributed by atoms with Crippen molar-refractivity contribution in [3.8, 4) is 11.4 Å². The van der Waals surface area contributed by atoms with Crippen LogP contribution >= 0.6 is 0 Å². The maximum Gasteiger partial charge on any atom is 0.263 e. The number of fused-ring (bicyclic) bond motifs is 3. The van der Waals surface area contributed by atoms with Crippen LogP contribution < -0.4 is 5.56 Å². The topological polar surface area (TPSA) is 52.2 Å². The van der Waals surface area contributed by atoms with E-state index in [4.69, 9.17) is 0 Å². The van der Waals surface area contributed by atoms with Crippen LogP contribution in [0.4, 0.5) is 0 Å². The van der Waals surface area contributed by atoms with Gasteiger partial charge < -0.3 is 0 Å². The summed E-state index contributed by atoms with van der Waals surface area (Å²) < 4.78 is 3.71. The minimum absolute atomic E-state index is 0.0576. The molecule has 5 heteroatoms. The first-order valence-electron chi connectivity index (χ1n) is 10.6. The minimum Gasteiger partial charge on any atom is -0.272 e. The molecule has 0 radical (unpaired) electrons. The summed E-state index contributed by atoms with van der Waals surface area (Å²) in [6.07, 6.45) is 0. The maximum absolute atomic E-state index is 13.4. The molecule has 0 bridgehead atoms. The van der Waals surface area contributed by atoms with Crippen molar-refractivity contribution in [1.82, 2.24) is 19.2 Å². The number of rotatable bonds is 4. The monoisotopic (exact) mass is 408 g/mol. The molecule has 0 aliphatic heterocycles. The van der Waals surface area contributed by atoms with E-state index in [9.17, 15) is 4.79 Å². The van der Waals surface area contributed by atoms with Crippen molar-refractivity contribution < 1.29 is 0 Å². The Morgan fingerprint density at radius 1 is 0.871 bits per heavy atom. The van der Waals surface area contributed by atoms with Crippen molar-refractivity contribution in [3.63, 3.8) is 0 Å². The second-order valence-electron chi connectivity index (χ2n) is 8.33. The number of nitrogens with zero attached hydrogens (tertiary/aromatic N) is 4. The predicted octanol–water partition coefficient (Wildman–Crippen LogP) is 5.19. The van der Waals surface area contributed by atoms with E-state index in [0.29, 0.717) is 23.6 Å². The zero-order valence-corrected chi connectivity index (χ0v) is 17.9. The second-order valence-corrected chi connectivity index (χ2v) is 8.33. The van der Waals surface area contributed by atoms with Crippen LogP contribution in [0.5, 0.6) is 0 Å². The van der Waals surface area contributed by atoms with Gasteiger partial charge in [-0.1, -0.05) is 80.1 Å². The van der Waals surface area contributed by atoms with Gasteiger partial charge in [-0.25, -0.2) is 0 Å². The molecule has 2 aromatic heterocycles. The third-order valence-corrected chi connectivity index (χ3v) is 5.80. The Labute approximate surface area is 180 Å². The lowest BCUT2D eigenvalue weighted by atomic mass is 10.0. The Morgan fingerprint density at radius 2 is 1.58 bits per heavy atom. The van der Waals surface area contributed by atoms with Gasteiger partial charge >= 0.3 is 0 Å². The molecule has 5 nitrogen and oxygen atoms in total. The summed E-state index contributed by atoms with van der Waals surface area (Å²) in [6.45, 7) is 6.86. The SMILES string of the molecule is Cc1ccc(Cn2c(=O)c3ccccc3n3c(-c4ccc(C(C)C)cc4)nnc23)cc1. The first-order valence-corrected chi connectivity index (χ1v) is 10.6. The summed E-state index contributed by atoms with van der Waals surface area (Å²) in [5, 5.41) is 9.61. The molecule has 5 aromatic rings. The fraction of sp³-hybridized carbons (Fsp3) is 0.192. The van der Waals surface area contributed by atoms with Crippen LogP contribution in [0.25, 0.3) is 28.1 Å². The van der Waals surface area contributed by atoms with Crippen LogP contribution in [0.2, 0.25) is 0 Å². The molecule has 5 rings (SSSR count). The average Bonchev–Trinajstić information content (AvgIpc) is 3.23. The number of aryl methyl sites for hydroxylation is 1. The van der Waals surface area contributed by atoms with Gasteiger partial charge in [-0.15, -0.1) is 10.2 Å². The van der Waals surface area contributed by atoms with Gasteiger partial charge in [0.25, 0.3) is 5.56 Å². The van der Waals surface area contributed by atoms with E-state index in [1.165, 1.54) is 11.1 Å². The number of hydrogen-bond acceptors (Lipinski definition) is 3. The first-order chi connectivity index (χ1) is 15.0. The zero-order valence-electron chi connectivity index (χ0n) is 17.9. The van der Waals surface area contributed by atoms with Crippen molar-refractivity contribution in [2.45, 2.75) is 33.2 Å². The third-order valence-electron chi connectivity index (χ3n) is 5.80. The average molecular weight is 409 g/mol. The highest BCUT2D eigenvalue weighted by atomic mass is 16.1. The highest BCUT2D eigenvalue weighted by Gasteiger charge is 2.17. The lowest BCUT2D eigenvalue weighted by Crippen LogP contribution is -2.24. The number of hydrogen-bond donors (Lipinski definition) is 0. The van der Waals surface area contributed by atoms with Crippen LogP contribution in [0.1, 0.15) is 36.5 Å². The fourth-order valence-electron chi connectivity index (χ4n) is 3.98. The molecule has 154 valence electrons. The summed E-state index contributed by atoms with van der Waals surface area (Å²) in [7, 11) is 0. The molecular formula is C26H24N4O. The fourth-order valence-corrected chi connectivity index (χ4v) is 3.98. The van der Waals surface area contributed by atoms with E-state index in [1.807, 2.05) is 28.7 Å². The molecular weight excluding hydrogens is 384 g/mol. The second kappa shape index (κ2) is 7.51. The van der Waals surface area contributed by atoms with Gasteiger partial charge in [-0.3, -0.25) is 13.8 Å². The summed E-state index contributed by atoms with van der Waals surface area (Å²) in [5.74, 6) is 1.75. The lowest BCUT2D eigenvalue weighted by Gasteiger charge is -2.12. The lowest BCUT2D eigenvalue weighted by molar-refractivity contribution is 0.766. The van der Waals surface area contributed by atoms with Gasteiger partial charge in [0.1, 0.15) is 0 Å². The van der Waals surface area contributed by atoms with E-state index in [-0.39, 0.29) is 5.56 Å². The normalized spacial score (nSPS) is 11.6. The van der Waals surface area contributed by atoms with Crippen LogP contribution in [0.15, 0.2) is 77.6 Å². The summed E-state index contributed by atoms with van der Waals surface area (Å²) >= 11 is 0. The molecule has 0 spiro atoms. The smallest absolute Gasteiger partial charge is 0.263 e. The molecule has 3 aromatic carbocycles. The van der Waals surface area contributed by atoms with Crippen molar-refractivity contribution in [2.75, 3.05) is 0 Å². The number of benzene rings is 3. The van der Waals surface area contributed by atoms with Gasteiger partial charge in [0.2, 0.25) is 5.78 Å². The van der Waals surface area contributed by atoms with Crippen molar-refractivity contribution >= 4 is 16.7 Å². The molecule has 0 saturated carbocycles. The standard InChI is InChI=1S/C26H24N4O/c1-17(2)20-12-14-21(15-13-20)24-27-28-26-29(16-19-10-8-18(3)9-11-19)25(31)22-6-4-5-7-23(22)30(24)26/h4-15,17H,16H2,1-3H3. The van der Waals surface area contributed by atoms with E-state index < -0.39 is 0 Å². The van der Waals surface area contributed by atoms with Gasteiger partial charge in [-0.05, 0) is 36.1 Å². The third kappa shape index (κ3) is 3.32. The predicted molar refractivity (Wildman–Crippen MR) is 125 cm³/mol. The molecule has 0 fully saturated rings. The molecule has 0 atom stereocenters. The molecule has 0 saturated heterocycles. The van der Waals surface area contributed by atoms with E-state index >= 15 is 0 Å². The number of para-hydroxylation sites is 1. The zero-order chi connectivity index (χ0) is 21.5. The Morgan fingerprint density at radius 3 is 2.29 bits per heavy atom. The first kappa shape index (κ1) is 19.2. The van der Waals surface area contributed by atoms with E-state index in [2.05, 4.69) is 79.5 Å². The Kier molecular flexibility index (Phi) is 4.66. The van der Waals surface area contributed by atoms with Crippen molar-refractivity contribution in [1.29, 1.82) is 0 Å². The van der Waals surface area contributed by atoms with Crippen molar-refractivity contribution in [3.05, 3.63) is 99.8 Å². The summed E-state index contributed by atoms with van der Waals surface area (Å²) in [6, 6.07) is 24.3. The molecule has 2 heterocycles. The van der Waals surface area contributed by atoms with Gasteiger partial charge in [0.05, 0.1) is 17.4 Å². The Balaban J connectivity index is 1.75. The summed E-state index contributed by atoms with van der Waals surface area (Å²) in [5.41, 5.74) is 5.25. The van der Waals surface area contributed by atoms with Gasteiger partial charge in [0.15, 0.2) is 5.82 Å². The maximum atomic E-state index is 13.4. The highest BCUT2D eigenvalue weighted by Crippen LogP contribution is 2.25. The molecule has 0 amide bonds. The Hall–Kier alpha value is -3.73. The highest BCUT2D eigenvalue weighted by molar-refractivity contribution is 5.82. The van der Waals surface area contributed by atoms with Crippen LogP contribution in [0, 0.1) is 6.92 Å². The quantitative estimate of drug-likeness (QED) is 0.411. The summed E-state index contributed by atoms with van der Waals surface area (Å²) in [4.78, 5) is 13.4. The number of aromatic nitrogens is 4. The van der Waals surface area contributed by atoms with E-state index in [1.54, 1.807) is 4.57 Å². The molecule has 0 aliphatic rings. The molecule has 0 aliphatic carbocycles. The van der Waals surface area contributed by atoms with Gasteiger partial charge in [-0.2, -0.15) is 0 Å². The van der Waals surface area contributed by atoms with Crippen LogP contribution in [-0.2, 0) is 6.54 Å². The largest absolute Gasteiger partial charge is 0.272 e. The Bertz CT molecular complexity index is 1440. The molecule has 0 N–H and O–H groups in total. The minimum atomic E-state index is -0.0576. The van der Waals surface area contributed by atoms with Crippen molar-refractivity contribution in [2.24, 2.45) is 0 Å². The van der Waals surface area contributed by atoms with Crippen LogP contribution in [-0.4, -0.2) is 19.2 Å². The van der Waals surface area contributed by atoms with E-state index in [0.717, 1.165) is 22.5 Å². The molecule has 0 unspecified atom stereocenters. The van der Waals surface area contributed by atoms with Crippen LogP contribution in [0.3, 0.4) is 0 Å². The molecule has 31 heavy (non-hydrogen) atoms. The van der Waals surface area contributed by atoms with Gasteiger partial charge in [0, 0.05) is 5.56 Å².